The first-order valence-corrected chi connectivity index (χ1v) is 3.71. The van der Waals surface area contributed by atoms with E-state index < -0.39 is 12.6 Å². The Morgan fingerprint density at radius 1 is 1.38 bits per heavy atom. The van der Waals surface area contributed by atoms with Gasteiger partial charge in [0.25, 0.3) is 0 Å². The molecule has 0 saturated carbocycles. The second-order valence-corrected chi connectivity index (χ2v) is 2.17. The molecule has 1 aromatic rings. The van der Waals surface area contributed by atoms with Crippen LogP contribution in [-0.4, -0.2) is 22.8 Å². The minimum absolute atomic E-state index is 0.778. The van der Waals surface area contributed by atoms with Gasteiger partial charge >= 0.3 is 5.97 Å². The number of benzene rings is 1. The Balaban J connectivity index is 0.000000252. The second-order valence-electron chi connectivity index (χ2n) is 2.17. The van der Waals surface area contributed by atoms with E-state index >= 15 is 0 Å². The maximum absolute atomic E-state index is 9.12. The van der Waals surface area contributed by atoms with Crippen LogP contribution >= 0.6 is 0 Å². The maximum Gasteiger partial charge on any atom is 0.329 e. The zero-order chi connectivity index (χ0) is 10.1. The van der Waals surface area contributed by atoms with Crippen LogP contribution in [0.3, 0.4) is 0 Å². The van der Waals surface area contributed by atoms with E-state index in [-0.39, 0.29) is 0 Å². The molecule has 3 heteroatoms. The molecule has 2 N–H and O–H groups in total. The largest absolute Gasteiger partial charge is 0.480 e. The van der Waals surface area contributed by atoms with Crippen molar-refractivity contribution in [1.29, 1.82) is 0 Å². The molecule has 0 aliphatic heterocycles. The topological polar surface area (TPSA) is 57.5 Å². The van der Waals surface area contributed by atoms with E-state index in [0.717, 1.165) is 0 Å². The Kier molecular flexibility index (Phi) is 6.19. The Bertz CT molecular complexity index is 254. The lowest BCUT2D eigenvalue weighted by molar-refractivity contribution is -0.140. The van der Waals surface area contributed by atoms with E-state index in [1.807, 2.05) is 36.4 Å². The highest BCUT2D eigenvalue weighted by atomic mass is 16.4. The van der Waals surface area contributed by atoms with Gasteiger partial charge in [-0.25, -0.2) is 4.79 Å². The van der Waals surface area contributed by atoms with Gasteiger partial charge in [-0.05, 0) is 5.56 Å². The smallest absolute Gasteiger partial charge is 0.329 e. The van der Waals surface area contributed by atoms with E-state index in [0.29, 0.717) is 0 Å². The molecule has 0 aliphatic rings. The highest BCUT2D eigenvalue weighted by molar-refractivity contribution is 5.67. The molecule has 13 heavy (non-hydrogen) atoms. The van der Waals surface area contributed by atoms with Crippen LogP contribution in [0.1, 0.15) is 5.56 Å². The summed E-state index contributed by atoms with van der Waals surface area (Å²) < 4.78 is 0. The normalized spacial score (nSPS) is 8.08. The lowest BCUT2D eigenvalue weighted by Gasteiger charge is -1.85. The monoisotopic (exact) mass is 180 g/mol. The Labute approximate surface area is 77.0 Å². The van der Waals surface area contributed by atoms with Crippen LogP contribution in [0.15, 0.2) is 36.9 Å². The fourth-order valence-electron chi connectivity index (χ4n) is 0.589. The predicted octanol–water partition coefficient (Wildman–Crippen LogP) is 1.39. The molecule has 0 spiro atoms. The zero-order valence-electron chi connectivity index (χ0n) is 7.18. The standard InChI is InChI=1S/C8H8.C2H4O3/c1-2-8-6-4-3-5-7-8;3-1-2(4)5/h2-7H,1H2;3H,1H2,(H,4,5). The van der Waals surface area contributed by atoms with Crippen molar-refractivity contribution in [1.82, 2.24) is 0 Å². The average molecular weight is 180 g/mol. The number of aliphatic carboxylic acids is 1. The van der Waals surface area contributed by atoms with E-state index in [2.05, 4.69) is 6.58 Å². The first-order valence-electron chi connectivity index (χ1n) is 3.71. The van der Waals surface area contributed by atoms with E-state index in [1.165, 1.54) is 5.56 Å². The summed E-state index contributed by atoms with van der Waals surface area (Å²) in [4.78, 5) is 9.12. The minimum atomic E-state index is -1.19. The Hall–Kier alpha value is -1.61. The van der Waals surface area contributed by atoms with E-state index in [1.54, 1.807) is 0 Å². The number of aliphatic hydroxyl groups excluding tert-OH is 1. The molecule has 0 atom stereocenters. The number of hydrogen-bond acceptors (Lipinski definition) is 2. The summed E-state index contributed by atoms with van der Waals surface area (Å²) in [7, 11) is 0. The molecule has 70 valence electrons. The van der Waals surface area contributed by atoms with Crippen molar-refractivity contribution in [3.05, 3.63) is 42.5 Å². The molecule has 0 unspecified atom stereocenters. The van der Waals surface area contributed by atoms with Crippen molar-refractivity contribution >= 4 is 12.0 Å². The number of carboxylic acids is 1. The van der Waals surface area contributed by atoms with Gasteiger partial charge in [0.1, 0.15) is 6.61 Å². The molecule has 0 bridgehead atoms. The maximum atomic E-state index is 9.12. The van der Waals surface area contributed by atoms with Crippen LogP contribution in [0.25, 0.3) is 6.08 Å². The van der Waals surface area contributed by atoms with Gasteiger partial charge in [0.15, 0.2) is 0 Å². The average Bonchev–Trinajstić information content (AvgIpc) is 2.20. The summed E-state index contributed by atoms with van der Waals surface area (Å²) in [6, 6.07) is 10.0. The first-order chi connectivity index (χ1) is 6.20. The molecule has 0 heterocycles. The van der Waals surface area contributed by atoms with Gasteiger partial charge in [-0.15, -0.1) is 0 Å². The molecule has 0 saturated heterocycles. The zero-order valence-corrected chi connectivity index (χ0v) is 7.18. The number of hydrogen-bond donors (Lipinski definition) is 2. The SMILES string of the molecule is C=Cc1ccccc1.O=C(O)CO. The molecular weight excluding hydrogens is 168 g/mol. The minimum Gasteiger partial charge on any atom is -0.480 e. The van der Waals surface area contributed by atoms with Crippen molar-refractivity contribution < 1.29 is 15.0 Å². The summed E-state index contributed by atoms with van der Waals surface area (Å²) in [6.07, 6.45) is 1.83. The third kappa shape index (κ3) is 6.77. The van der Waals surface area contributed by atoms with Crippen molar-refractivity contribution in [2.45, 2.75) is 0 Å². The summed E-state index contributed by atoms with van der Waals surface area (Å²) in [5.74, 6) is -1.19. The quantitative estimate of drug-likeness (QED) is 0.723. The number of rotatable bonds is 2. The predicted molar refractivity (Wildman–Crippen MR) is 51.3 cm³/mol. The molecule has 0 radical (unpaired) electrons. The summed E-state index contributed by atoms with van der Waals surface area (Å²) in [6.45, 7) is 2.85. The highest BCUT2D eigenvalue weighted by Gasteiger charge is 1.82. The Morgan fingerprint density at radius 2 is 1.85 bits per heavy atom. The van der Waals surface area contributed by atoms with E-state index in [9.17, 15) is 0 Å². The summed E-state index contributed by atoms with van der Waals surface area (Å²) in [5.41, 5.74) is 1.17. The summed E-state index contributed by atoms with van der Waals surface area (Å²) >= 11 is 0. The molecule has 1 rings (SSSR count). The van der Waals surface area contributed by atoms with Gasteiger partial charge in [0.2, 0.25) is 0 Å². The fraction of sp³-hybridized carbons (Fsp3) is 0.100. The van der Waals surface area contributed by atoms with E-state index in [4.69, 9.17) is 15.0 Å². The second kappa shape index (κ2) is 7.06. The summed E-state index contributed by atoms with van der Waals surface area (Å²) in [5, 5.41) is 15.0. The third-order valence-electron chi connectivity index (χ3n) is 1.17. The fourth-order valence-corrected chi connectivity index (χ4v) is 0.589. The molecule has 0 aliphatic carbocycles. The van der Waals surface area contributed by atoms with Gasteiger partial charge < -0.3 is 10.2 Å². The molecule has 0 aromatic heterocycles. The lowest BCUT2D eigenvalue weighted by atomic mass is 10.2. The van der Waals surface area contributed by atoms with Crippen LogP contribution < -0.4 is 0 Å². The van der Waals surface area contributed by atoms with Crippen molar-refractivity contribution in [3.8, 4) is 0 Å². The molecule has 0 fully saturated rings. The molecule has 1 aromatic carbocycles. The van der Waals surface area contributed by atoms with Gasteiger partial charge in [-0.1, -0.05) is 43.0 Å². The van der Waals surface area contributed by atoms with Crippen molar-refractivity contribution in [3.63, 3.8) is 0 Å². The van der Waals surface area contributed by atoms with Gasteiger partial charge in [-0.3, -0.25) is 0 Å². The van der Waals surface area contributed by atoms with Gasteiger partial charge in [0.05, 0.1) is 0 Å². The van der Waals surface area contributed by atoms with Crippen molar-refractivity contribution in [2.24, 2.45) is 0 Å². The van der Waals surface area contributed by atoms with Gasteiger partial charge in [-0.2, -0.15) is 0 Å². The molecular formula is C10H12O3. The first kappa shape index (κ1) is 11.4. The lowest BCUT2D eigenvalue weighted by Crippen LogP contribution is -1.98. The van der Waals surface area contributed by atoms with Gasteiger partial charge in [0, 0.05) is 0 Å². The number of carboxylic acid groups (broad SMARTS) is 1. The molecule has 0 amide bonds. The van der Waals surface area contributed by atoms with Crippen LogP contribution in [0.2, 0.25) is 0 Å². The number of aliphatic hydroxyl groups is 1. The highest BCUT2D eigenvalue weighted by Crippen LogP contribution is 1.97. The molecule has 3 nitrogen and oxygen atoms in total. The van der Waals surface area contributed by atoms with Crippen LogP contribution in [0.5, 0.6) is 0 Å². The Morgan fingerprint density at radius 3 is 2.08 bits per heavy atom. The number of carbonyl (C=O) groups is 1. The van der Waals surface area contributed by atoms with Crippen LogP contribution in [0, 0.1) is 0 Å². The van der Waals surface area contributed by atoms with Crippen LogP contribution in [0.4, 0.5) is 0 Å². The van der Waals surface area contributed by atoms with Crippen LogP contribution in [-0.2, 0) is 4.79 Å². The van der Waals surface area contributed by atoms with Crippen molar-refractivity contribution in [2.75, 3.05) is 6.61 Å². The third-order valence-corrected chi connectivity index (χ3v) is 1.17.